The van der Waals surface area contributed by atoms with E-state index in [4.69, 9.17) is 0 Å². The smallest absolute Gasteiger partial charge is 0.271 e. The van der Waals surface area contributed by atoms with Crippen molar-refractivity contribution in [3.05, 3.63) is 10.6 Å². The molecule has 0 radical (unpaired) electrons. The summed E-state index contributed by atoms with van der Waals surface area (Å²) in [5.74, 6) is 0.00283. The molecule has 0 aromatic carbocycles. The third-order valence-electron chi connectivity index (χ3n) is 2.75. The number of nitrogens with one attached hydrogen (secondary N) is 2. The fourth-order valence-electron chi connectivity index (χ4n) is 1.54. The molecule has 0 bridgehead atoms. The highest BCUT2D eigenvalue weighted by atomic mass is 32.2. The summed E-state index contributed by atoms with van der Waals surface area (Å²) >= 11 is 3.57. The van der Waals surface area contributed by atoms with Crippen LogP contribution in [0.2, 0.25) is 0 Å². The quantitative estimate of drug-likeness (QED) is 0.593. The van der Waals surface area contributed by atoms with E-state index in [-0.39, 0.29) is 11.8 Å². The molecule has 8 nitrogen and oxygen atoms in total. The van der Waals surface area contributed by atoms with Crippen molar-refractivity contribution >= 4 is 51.6 Å². The predicted octanol–water partition coefficient (Wildman–Crippen LogP) is 1.32. The van der Waals surface area contributed by atoms with Crippen molar-refractivity contribution in [3.63, 3.8) is 0 Å². The molecular weight excluding hydrogens is 344 g/mol. The number of hydrogen-bond donors (Lipinski definition) is 2. The summed E-state index contributed by atoms with van der Waals surface area (Å²) in [6, 6.07) is 0.355. The Bertz CT molecular complexity index is 696. The third-order valence-corrected chi connectivity index (χ3v) is 5.55. The molecule has 0 aliphatic heterocycles. The average molecular weight is 356 g/mol. The molecule has 0 saturated heterocycles. The second-order valence-electron chi connectivity index (χ2n) is 4.65. The molecule has 3 rings (SSSR count). The molecule has 0 atom stereocenters. The molecule has 2 heterocycles. The zero-order valence-corrected chi connectivity index (χ0v) is 14.0. The fourth-order valence-corrected chi connectivity index (χ4v) is 3.65. The second-order valence-corrected chi connectivity index (χ2v) is 7.60. The Balaban J connectivity index is 1.51. The van der Waals surface area contributed by atoms with Crippen LogP contribution in [0.5, 0.6) is 0 Å². The number of amides is 2. The molecule has 1 fully saturated rings. The number of thioether (sulfide) groups is 1. The lowest BCUT2D eigenvalue weighted by Crippen LogP contribution is -2.26. The minimum Gasteiger partial charge on any atom is -0.353 e. The van der Waals surface area contributed by atoms with Crippen molar-refractivity contribution in [2.24, 2.45) is 0 Å². The summed E-state index contributed by atoms with van der Waals surface area (Å²) in [4.78, 5) is 24.0. The van der Waals surface area contributed by atoms with Crippen LogP contribution < -0.4 is 10.6 Å². The predicted molar refractivity (Wildman–Crippen MR) is 84.4 cm³/mol. The first-order valence-corrected chi connectivity index (χ1v) is 9.05. The number of nitrogens with zero attached hydrogens (tertiary/aromatic N) is 4. The van der Waals surface area contributed by atoms with Gasteiger partial charge < -0.3 is 5.32 Å². The highest BCUT2D eigenvalue weighted by molar-refractivity contribution is 8.01. The van der Waals surface area contributed by atoms with Crippen molar-refractivity contribution in [3.8, 4) is 0 Å². The van der Waals surface area contributed by atoms with Crippen molar-refractivity contribution in [2.45, 2.75) is 30.1 Å². The summed E-state index contributed by atoms with van der Waals surface area (Å²) in [5.41, 5.74) is 0.582. The summed E-state index contributed by atoms with van der Waals surface area (Å²) in [7, 11) is 0. The maximum atomic E-state index is 12.0. The van der Waals surface area contributed by atoms with Gasteiger partial charge in [0.2, 0.25) is 11.0 Å². The van der Waals surface area contributed by atoms with Gasteiger partial charge >= 0.3 is 0 Å². The van der Waals surface area contributed by atoms with Gasteiger partial charge in [-0.25, -0.2) is 0 Å². The molecule has 1 aliphatic rings. The Labute approximate surface area is 138 Å². The van der Waals surface area contributed by atoms with Gasteiger partial charge in [-0.15, -0.1) is 15.3 Å². The standard InChI is InChI=1S/C11H12N6O2S3/c1-5-8(22-17-14-5)9(19)13-10-15-16-11(21-10)20-4-7(18)12-6-2-3-6/h6H,2-4H2,1H3,(H,12,18)(H,13,15,19). The Morgan fingerprint density at radius 2 is 2.14 bits per heavy atom. The van der Waals surface area contributed by atoms with E-state index in [0.29, 0.717) is 31.8 Å². The topological polar surface area (TPSA) is 110 Å². The molecule has 22 heavy (non-hydrogen) atoms. The van der Waals surface area contributed by atoms with E-state index in [9.17, 15) is 9.59 Å². The van der Waals surface area contributed by atoms with Crippen LogP contribution in [0, 0.1) is 6.92 Å². The van der Waals surface area contributed by atoms with Crippen molar-refractivity contribution in [1.82, 2.24) is 25.1 Å². The monoisotopic (exact) mass is 356 g/mol. The fraction of sp³-hybridized carbons (Fsp3) is 0.455. The summed E-state index contributed by atoms with van der Waals surface area (Å²) in [6.07, 6.45) is 2.13. The van der Waals surface area contributed by atoms with E-state index >= 15 is 0 Å². The number of rotatable bonds is 6. The molecule has 0 spiro atoms. The highest BCUT2D eigenvalue weighted by Crippen LogP contribution is 2.26. The molecule has 1 saturated carbocycles. The van der Waals surface area contributed by atoms with E-state index in [0.717, 1.165) is 24.4 Å². The summed E-state index contributed by atoms with van der Waals surface area (Å²) in [6.45, 7) is 1.72. The van der Waals surface area contributed by atoms with Gasteiger partial charge in [-0.05, 0) is 31.3 Å². The van der Waals surface area contributed by atoms with Gasteiger partial charge in [0.05, 0.1) is 11.4 Å². The first-order valence-electron chi connectivity index (χ1n) is 6.48. The molecular formula is C11H12N6O2S3. The Kier molecular flexibility index (Phi) is 4.64. The summed E-state index contributed by atoms with van der Waals surface area (Å²) in [5, 5.41) is 17.6. The Hall–Kier alpha value is -1.59. The SMILES string of the molecule is Cc1nnsc1C(=O)Nc1nnc(SCC(=O)NC2CC2)s1. The van der Waals surface area contributed by atoms with Crippen LogP contribution in [0.25, 0.3) is 0 Å². The van der Waals surface area contributed by atoms with Crippen LogP contribution in [0.15, 0.2) is 4.34 Å². The van der Waals surface area contributed by atoms with E-state index in [1.165, 1.54) is 23.1 Å². The molecule has 0 unspecified atom stereocenters. The highest BCUT2D eigenvalue weighted by Gasteiger charge is 2.23. The number of anilines is 1. The van der Waals surface area contributed by atoms with Gasteiger partial charge in [-0.3, -0.25) is 14.9 Å². The largest absolute Gasteiger partial charge is 0.353 e. The normalized spacial score (nSPS) is 13.9. The zero-order chi connectivity index (χ0) is 15.5. The van der Waals surface area contributed by atoms with Gasteiger partial charge in [0.15, 0.2) is 4.34 Å². The maximum Gasteiger partial charge on any atom is 0.271 e. The first-order chi connectivity index (χ1) is 10.6. The van der Waals surface area contributed by atoms with Gasteiger partial charge in [0.1, 0.15) is 4.88 Å². The van der Waals surface area contributed by atoms with E-state index in [2.05, 4.69) is 30.4 Å². The zero-order valence-electron chi connectivity index (χ0n) is 11.5. The lowest BCUT2D eigenvalue weighted by atomic mass is 10.4. The van der Waals surface area contributed by atoms with E-state index in [1.807, 2.05) is 0 Å². The number of aromatic nitrogens is 4. The first kappa shape index (κ1) is 15.3. The molecule has 116 valence electrons. The van der Waals surface area contributed by atoms with Gasteiger partial charge in [0, 0.05) is 6.04 Å². The Morgan fingerprint density at radius 1 is 1.32 bits per heavy atom. The van der Waals surface area contributed by atoms with Crippen LogP contribution in [0.4, 0.5) is 5.13 Å². The molecule has 2 N–H and O–H groups in total. The van der Waals surface area contributed by atoms with Crippen molar-refractivity contribution < 1.29 is 9.59 Å². The van der Waals surface area contributed by atoms with Crippen molar-refractivity contribution in [2.75, 3.05) is 11.1 Å². The minimum absolute atomic E-state index is 0.000329. The number of carbonyl (C=O) groups is 2. The lowest BCUT2D eigenvalue weighted by molar-refractivity contribution is -0.118. The van der Waals surface area contributed by atoms with Crippen LogP contribution in [0.3, 0.4) is 0 Å². The summed E-state index contributed by atoms with van der Waals surface area (Å²) < 4.78 is 4.36. The lowest BCUT2D eigenvalue weighted by Gasteiger charge is -2.00. The van der Waals surface area contributed by atoms with Crippen LogP contribution in [-0.2, 0) is 4.79 Å². The molecule has 1 aliphatic carbocycles. The average Bonchev–Trinajstić information content (AvgIpc) is 3.00. The minimum atomic E-state index is -0.299. The van der Waals surface area contributed by atoms with Gasteiger partial charge in [-0.1, -0.05) is 27.6 Å². The van der Waals surface area contributed by atoms with E-state index < -0.39 is 0 Å². The van der Waals surface area contributed by atoms with Crippen LogP contribution in [-0.4, -0.2) is 43.4 Å². The molecule has 2 aromatic heterocycles. The maximum absolute atomic E-state index is 12.0. The van der Waals surface area contributed by atoms with Gasteiger partial charge in [0.25, 0.3) is 5.91 Å². The molecule has 11 heteroatoms. The second kappa shape index (κ2) is 6.67. The number of carbonyl (C=O) groups excluding carboxylic acids is 2. The number of hydrogen-bond acceptors (Lipinski definition) is 9. The molecule has 2 aromatic rings. The third kappa shape index (κ3) is 3.99. The Morgan fingerprint density at radius 3 is 2.82 bits per heavy atom. The van der Waals surface area contributed by atoms with Crippen LogP contribution >= 0.6 is 34.6 Å². The van der Waals surface area contributed by atoms with E-state index in [1.54, 1.807) is 6.92 Å². The number of aryl methyl sites for hydroxylation is 1. The molecule has 2 amide bonds. The van der Waals surface area contributed by atoms with Gasteiger partial charge in [-0.2, -0.15) is 0 Å². The van der Waals surface area contributed by atoms with Crippen molar-refractivity contribution in [1.29, 1.82) is 0 Å². The van der Waals surface area contributed by atoms with Crippen LogP contribution in [0.1, 0.15) is 28.2 Å².